The van der Waals surface area contributed by atoms with Crippen LogP contribution in [0.3, 0.4) is 0 Å². The zero-order valence-corrected chi connectivity index (χ0v) is 8.45. The average Bonchev–Trinajstić information content (AvgIpc) is 2.17. The predicted molar refractivity (Wildman–Crippen MR) is 54.5 cm³/mol. The van der Waals surface area contributed by atoms with E-state index in [1.807, 2.05) is 13.8 Å². The van der Waals surface area contributed by atoms with E-state index in [-0.39, 0.29) is 12.1 Å². The quantitative estimate of drug-likeness (QED) is 0.773. The van der Waals surface area contributed by atoms with Crippen LogP contribution < -0.4 is 5.73 Å². The van der Waals surface area contributed by atoms with Gasteiger partial charge in [-0.05, 0) is 25.0 Å². The number of nitrogens with two attached hydrogens (primary N) is 1. The van der Waals surface area contributed by atoms with Gasteiger partial charge >= 0.3 is 0 Å². The number of rotatable bonds is 3. The highest BCUT2D eigenvalue weighted by molar-refractivity contribution is 5.25. The molecule has 2 nitrogen and oxygen atoms in total. The largest absolute Gasteiger partial charge is 0.377 e. The predicted octanol–water partition coefficient (Wildman–Crippen LogP) is 2.41. The molecule has 72 valence electrons. The van der Waals surface area contributed by atoms with Crippen LogP contribution >= 0.6 is 0 Å². The van der Waals surface area contributed by atoms with E-state index in [9.17, 15) is 0 Å². The summed E-state index contributed by atoms with van der Waals surface area (Å²) >= 11 is 0. The Hall–Kier alpha value is -0.860. The van der Waals surface area contributed by atoms with Gasteiger partial charge in [0, 0.05) is 13.2 Å². The van der Waals surface area contributed by atoms with Crippen LogP contribution in [-0.2, 0) is 4.74 Å². The van der Waals surface area contributed by atoms with Gasteiger partial charge < -0.3 is 10.5 Å². The van der Waals surface area contributed by atoms with Crippen LogP contribution in [0.5, 0.6) is 0 Å². The lowest BCUT2D eigenvalue weighted by Gasteiger charge is -2.11. The van der Waals surface area contributed by atoms with Crippen LogP contribution in [0, 0.1) is 0 Å². The molecular weight excluding hydrogens is 162 g/mol. The summed E-state index contributed by atoms with van der Waals surface area (Å²) in [4.78, 5) is 0. The van der Waals surface area contributed by atoms with Gasteiger partial charge in [-0.15, -0.1) is 0 Å². The number of benzene rings is 1. The Bertz CT molecular complexity index is 253. The van der Waals surface area contributed by atoms with Crippen LogP contribution in [0.1, 0.15) is 37.1 Å². The van der Waals surface area contributed by atoms with E-state index in [1.165, 1.54) is 5.56 Å². The smallest absolute Gasteiger partial charge is 0.0793 e. The van der Waals surface area contributed by atoms with Crippen molar-refractivity contribution in [2.75, 3.05) is 7.11 Å². The topological polar surface area (TPSA) is 35.2 Å². The summed E-state index contributed by atoms with van der Waals surface area (Å²) in [6.07, 6.45) is 0.155. The molecule has 1 aromatic carbocycles. The first-order valence-electron chi connectivity index (χ1n) is 4.53. The molecule has 0 aromatic heterocycles. The van der Waals surface area contributed by atoms with E-state index >= 15 is 0 Å². The summed E-state index contributed by atoms with van der Waals surface area (Å²) in [6, 6.07) is 8.33. The van der Waals surface area contributed by atoms with Gasteiger partial charge in [0.25, 0.3) is 0 Å². The van der Waals surface area contributed by atoms with Crippen molar-refractivity contribution >= 4 is 0 Å². The van der Waals surface area contributed by atoms with Crippen LogP contribution in [-0.4, -0.2) is 7.11 Å². The average molecular weight is 179 g/mol. The number of ether oxygens (including phenoxy) is 1. The molecule has 0 bridgehead atoms. The zero-order valence-electron chi connectivity index (χ0n) is 8.45. The summed E-state index contributed by atoms with van der Waals surface area (Å²) in [5.74, 6) is 0. The van der Waals surface area contributed by atoms with Crippen LogP contribution in [0.4, 0.5) is 0 Å². The Morgan fingerprint density at radius 1 is 1.08 bits per heavy atom. The van der Waals surface area contributed by atoms with E-state index < -0.39 is 0 Å². The molecule has 1 rings (SSSR count). The van der Waals surface area contributed by atoms with E-state index in [2.05, 4.69) is 24.3 Å². The van der Waals surface area contributed by atoms with Gasteiger partial charge in [0.05, 0.1) is 6.10 Å². The van der Waals surface area contributed by atoms with Crippen molar-refractivity contribution in [2.24, 2.45) is 5.73 Å². The van der Waals surface area contributed by atoms with Crippen LogP contribution in [0.2, 0.25) is 0 Å². The normalized spacial score (nSPS) is 15.4. The van der Waals surface area contributed by atoms with Crippen molar-refractivity contribution in [2.45, 2.75) is 26.0 Å². The third-order valence-corrected chi connectivity index (χ3v) is 2.29. The molecule has 0 saturated carbocycles. The van der Waals surface area contributed by atoms with Crippen LogP contribution in [0.25, 0.3) is 0 Å². The van der Waals surface area contributed by atoms with Crippen molar-refractivity contribution in [1.29, 1.82) is 0 Å². The summed E-state index contributed by atoms with van der Waals surface area (Å²) in [6.45, 7) is 4.01. The molecular formula is C11H17NO. The lowest BCUT2D eigenvalue weighted by Crippen LogP contribution is -2.05. The van der Waals surface area contributed by atoms with Gasteiger partial charge in [-0.3, -0.25) is 0 Å². The van der Waals surface area contributed by atoms with E-state index in [1.54, 1.807) is 7.11 Å². The minimum absolute atomic E-state index is 0.104. The first kappa shape index (κ1) is 10.2. The number of methoxy groups -OCH3 is 1. The molecule has 0 amide bonds. The minimum atomic E-state index is 0.104. The molecule has 2 N–H and O–H groups in total. The Morgan fingerprint density at radius 2 is 1.54 bits per heavy atom. The molecule has 0 unspecified atom stereocenters. The minimum Gasteiger partial charge on any atom is -0.377 e. The summed E-state index contributed by atoms with van der Waals surface area (Å²) in [7, 11) is 1.71. The first-order chi connectivity index (χ1) is 6.15. The summed E-state index contributed by atoms with van der Waals surface area (Å²) < 4.78 is 5.21. The molecule has 0 spiro atoms. The van der Waals surface area contributed by atoms with Crippen molar-refractivity contribution in [3.05, 3.63) is 35.4 Å². The third kappa shape index (κ3) is 2.54. The Morgan fingerprint density at radius 3 is 1.92 bits per heavy atom. The van der Waals surface area contributed by atoms with Crippen molar-refractivity contribution < 1.29 is 4.74 Å². The lowest BCUT2D eigenvalue weighted by atomic mass is 10.0. The molecule has 0 aliphatic heterocycles. The second kappa shape index (κ2) is 4.40. The highest BCUT2D eigenvalue weighted by Crippen LogP contribution is 2.18. The molecule has 2 heteroatoms. The second-order valence-electron chi connectivity index (χ2n) is 3.33. The standard InChI is InChI=1S/C11H17NO/c1-8(12)10-4-6-11(7-5-10)9(2)13-3/h4-9H,12H2,1-3H3/t8-,9+/m1/s1. The molecule has 1 aromatic rings. The summed E-state index contributed by atoms with van der Waals surface area (Å²) in [5.41, 5.74) is 8.09. The van der Waals surface area contributed by atoms with Gasteiger partial charge in [-0.1, -0.05) is 24.3 Å². The fraction of sp³-hybridized carbons (Fsp3) is 0.455. The molecule has 0 saturated heterocycles. The van der Waals surface area contributed by atoms with Gasteiger partial charge in [-0.2, -0.15) is 0 Å². The van der Waals surface area contributed by atoms with Crippen molar-refractivity contribution in [3.8, 4) is 0 Å². The van der Waals surface area contributed by atoms with E-state index in [4.69, 9.17) is 10.5 Å². The molecule has 0 fully saturated rings. The molecule has 2 atom stereocenters. The Labute approximate surface area is 79.7 Å². The number of hydrogen-bond donors (Lipinski definition) is 1. The van der Waals surface area contributed by atoms with Crippen molar-refractivity contribution in [3.63, 3.8) is 0 Å². The highest BCUT2D eigenvalue weighted by Gasteiger charge is 2.04. The second-order valence-corrected chi connectivity index (χ2v) is 3.33. The van der Waals surface area contributed by atoms with Gasteiger partial charge in [-0.25, -0.2) is 0 Å². The molecule has 0 heterocycles. The lowest BCUT2D eigenvalue weighted by molar-refractivity contribution is 0.119. The maximum atomic E-state index is 5.74. The monoisotopic (exact) mass is 179 g/mol. The van der Waals surface area contributed by atoms with E-state index in [0.29, 0.717) is 0 Å². The van der Waals surface area contributed by atoms with Gasteiger partial charge in [0.2, 0.25) is 0 Å². The fourth-order valence-electron chi connectivity index (χ4n) is 1.21. The fourth-order valence-corrected chi connectivity index (χ4v) is 1.21. The highest BCUT2D eigenvalue weighted by atomic mass is 16.5. The van der Waals surface area contributed by atoms with E-state index in [0.717, 1.165) is 5.56 Å². The van der Waals surface area contributed by atoms with Crippen LogP contribution in [0.15, 0.2) is 24.3 Å². The molecule has 13 heavy (non-hydrogen) atoms. The third-order valence-electron chi connectivity index (χ3n) is 2.29. The zero-order chi connectivity index (χ0) is 9.84. The summed E-state index contributed by atoms with van der Waals surface area (Å²) in [5, 5.41) is 0. The molecule has 0 aliphatic rings. The van der Waals surface area contributed by atoms with Crippen molar-refractivity contribution in [1.82, 2.24) is 0 Å². The number of hydrogen-bond acceptors (Lipinski definition) is 2. The Balaban J connectivity index is 2.81. The maximum Gasteiger partial charge on any atom is 0.0793 e. The first-order valence-corrected chi connectivity index (χ1v) is 4.53. The Kier molecular flexibility index (Phi) is 3.46. The molecule has 0 radical (unpaired) electrons. The van der Waals surface area contributed by atoms with Gasteiger partial charge in [0.1, 0.15) is 0 Å². The molecule has 0 aliphatic carbocycles. The maximum absolute atomic E-state index is 5.74. The SMILES string of the molecule is CO[C@@H](C)c1ccc([C@@H](C)N)cc1. The van der Waals surface area contributed by atoms with Gasteiger partial charge in [0.15, 0.2) is 0 Å².